The van der Waals surface area contributed by atoms with Gasteiger partial charge in [-0.05, 0) is 6.92 Å². The number of carbonyl (C=O) groups is 3. The van der Waals surface area contributed by atoms with E-state index in [0.29, 0.717) is 26.2 Å². The highest BCUT2D eigenvalue weighted by Gasteiger charge is 2.37. The summed E-state index contributed by atoms with van der Waals surface area (Å²) in [4.78, 5) is 37.5. The maximum atomic E-state index is 12.0. The van der Waals surface area contributed by atoms with E-state index in [9.17, 15) is 19.5 Å². The molecule has 0 saturated carbocycles. The van der Waals surface area contributed by atoms with Crippen LogP contribution in [0.15, 0.2) is 0 Å². The normalized spacial score (nSPS) is 24.7. The molecule has 4 N–H and O–H groups in total. The van der Waals surface area contributed by atoms with E-state index < -0.39 is 24.1 Å². The second kappa shape index (κ2) is 5.53. The number of hydrogen-bond acceptors (Lipinski definition) is 4. The van der Waals surface area contributed by atoms with Gasteiger partial charge in [0.15, 0.2) is 6.04 Å². The number of aliphatic hydroxyl groups is 1. The molecule has 0 aliphatic carbocycles. The highest BCUT2D eigenvalue weighted by molar-refractivity contribution is 5.83. The van der Waals surface area contributed by atoms with Gasteiger partial charge in [0.25, 0.3) is 0 Å². The first-order valence-corrected chi connectivity index (χ1v) is 6.41. The molecule has 2 aliphatic rings. The maximum absolute atomic E-state index is 12.0. The number of carboxylic acid groups (broad SMARTS) is 1. The van der Waals surface area contributed by atoms with Gasteiger partial charge in [0.1, 0.15) is 0 Å². The van der Waals surface area contributed by atoms with Crippen molar-refractivity contribution in [3.63, 3.8) is 0 Å². The van der Waals surface area contributed by atoms with E-state index in [1.54, 1.807) is 4.90 Å². The van der Waals surface area contributed by atoms with Gasteiger partial charge in [-0.25, -0.2) is 14.4 Å². The number of amides is 4. The number of fused-ring (bicyclic) bond motifs is 1. The lowest BCUT2D eigenvalue weighted by Crippen LogP contribution is -2.59. The third-order valence-electron chi connectivity index (χ3n) is 3.55. The van der Waals surface area contributed by atoms with Crippen molar-refractivity contribution >= 4 is 18.0 Å². The number of urea groups is 2. The van der Waals surface area contributed by atoms with E-state index in [-0.39, 0.29) is 12.1 Å². The fraction of sp³-hybridized carbons (Fsp3) is 0.727. The predicted molar refractivity (Wildman–Crippen MR) is 67.1 cm³/mol. The van der Waals surface area contributed by atoms with Gasteiger partial charge in [0, 0.05) is 26.2 Å². The predicted octanol–water partition coefficient (Wildman–Crippen LogP) is -1.76. The first kappa shape index (κ1) is 14.4. The Morgan fingerprint density at radius 3 is 2.75 bits per heavy atom. The number of carbonyl (C=O) groups excluding carboxylic acids is 2. The molecule has 2 aliphatic heterocycles. The summed E-state index contributed by atoms with van der Waals surface area (Å²) >= 11 is 0. The van der Waals surface area contributed by atoms with E-state index in [1.807, 2.05) is 0 Å². The fourth-order valence-electron chi connectivity index (χ4n) is 2.40. The van der Waals surface area contributed by atoms with Gasteiger partial charge in [-0.3, -0.25) is 0 Å². The lowest BCUT2D eigenvalue weighted by Gasteiger charge is -2.36. The van der Waals surface area contributed by atoms with Crippen molar-refractivity contribution < 1.29 is 24.6 Å². The van der Waals surface area contributed by atoms with Gasteiger partial charge in [-0.15, -0.1) is 0 Å². The molecule has 0 aromatic carbocycles. The number of nitrogens with zero attached hydrogens (tertiary/aromatic N) is 2. The van der Waals surface area contributed by atoms with Gasteiger partial charge in [-0.1, -0.05) is 0 Å². The largest absolute Gasteiger partial charge is 0.480 e. The van der Waals surface area contributed by atoms with Crippen molar-refractivity contribution in [2.75, 3.05) is 26.2 Å². The number of aliphatic hydroxyl groups excluding tert-OH is 1. The van der Waals surface area contributed by atoms with Crippen LogP contribution in [0.2, 0.25) is 0 Å². The van der Waals surface area contributed by atoms with Crippen LogP contribution in [-0.4, -0.2) is 82.4 Å². The SMILES string of the molecule is CC(O)C(NC(=O)N1CCN2C(=O)NCC2C1)C(=O)O. The summed E-state index contributed by atoms with van der Waals surface area (Å²) in [5.41, 5.74) is 0. The molecule has 20 heavy (non-hydrogen) atoms. The Kier molecular flexibility index (Phi) is 3.98. The molecule has 2 fully saturated rings. The van der Waals surface area contributed by atoms with Crippen molar-refractivity contribution in [2.24, 2.45) is 0 Å². The van der Waals surface area contributed by atoms with Gasteiger partial charge in [-0.2, -0.15) is 0 Å². The Morgan fingerprint density at radius 2 is 2.15 bits per heavy atom. The molecule has 4 amide bonds. The summed E-state index contributed by atoms with van der Waals surface area (Å²) in [5, 5.41) is 23.2. The zero-order valence-electron chi connectivity index (χ0n) is 11.1. The van der Waals surface area contributed by atoms with Crippen molar-refractivity contribution in [1.82, 2.24) is 20.4 Å². The van der Waals surface area contributed by atoms with Crippen LogP contribution in [0.5, 0.6) is 0 Å². The molecule has 9 nitrogen and oxygen atoms in total. The molecule has 3 unspecified atom stereocenters. The highest BCUT2D eigenvalue weighted by atomic mass is 16.4. The van der Waals surface area contributed by atoms with Crippen LogP contribution in [0.4, 0.5) is 9.59 Å². The molecule has 0 aromatic rings. The molecule has 2 heterocycles. The summed E-state index contributed by atoms with van der Waals surface area (Å²) in [6.45, 7) is 2.87. The molecule has 3 atom stereocenters. The minimum atomic E-state index is -1.34. The van der Waals surface area contributed by atoms with Gasteiger partial charge in [0.05, 0.1) is 12.1 Å². The lowest BCUT2D eigenvalue weighted by atomic mass is 10.2. The van der Waals surface area contributed by atoms with E-state index in [4.69, 9.17) is 5.11 Å². The Hall–Kier alpha value is -2.03. The molecular formula is C11H18N4O5. The molecule has 2 rings (SSSR count). The third-order valence-corrected chi connectivity index (χ3v) is 3.55. The summed E-state index contributed by atoms with van der Waals surface area (Å²) in [6, 6.07) is -2.11. The van der Waals surface area contributed by atoms with Crippen LogP contribution in [0, 0.1) is 0 Å². The third kappa shape index (κ3) is 2.77. The van der Waals surface area contributed by atoms with E-state index >= 15 is 0 Å². The number of aliphatic carboxylic acids is 1. The Labute approximate surface area is 115 Å². The minimum Gasteiger partial charge on any atom is -0.480 e. The standard InChI is InChI=1S/C11H18N4O5/c1-6(16)8(9(17)18)13-11(20)14-2-3-15-7(5-14)4-12-10(15)19/h6-8,16H,2-5H2,1H3,(H,12,19)(H,13,20)(H,17,18). The molecule has 0 radical (unpaired) electrons. The van der Waals surface area contributed by atoms with E-state index in [2.05, 4.69) is 10.6 Å². The average molecular weight is 286 g/mol. The van der Waals surface area contributed by atoms with Gasteiger partial charge in [0.2, 0.25) is 0 Å². The molecule has 0 spiro atoms. The summed E-state index contributed by atoms with van der Waals surface area (Å²) in [6.07, 6.45) is -1.19. The Balaban J connectivity index is 1.94. The smallest absolute Gasteiger partial charge is 0.328 e. The number of rotatable bonds is 3. The second-order valence-corrected chi connectivity index (χ2v) is 4.99. The molecule has 112 valence electrons. The highest BCUT2D eigenvalue weighted by Crippen LogP contribution is 2.14. The number of hydrogen-bond donors (Lipinski definition) is 4. The van der Waals surface area contributed by atoms with Crippen LogP contribution in [0.1, 0.15) is 6.92 Å². The summed E-state index contributed by atoms with van der Waals surface area (Å²) in [7, 11) is 0. The number of carboxylic acids is 1. The Morgan fingerprint density at radius 1 is 1.45 bits per heavy atom. The van der Waals surface area contributed by atoms with Crippen molar-refractivity contribution in [1.29, 1.82) is 0 Å². The molecular weight excluding hydrogens is 268 g/mol. The number of nitrogens with one attached hydrogen (secondary N) is 2. The summed E-state index contributed by atoms with van der Waals surface area (Å²) in [5.74, 6) is -1.29. The van der Waals surface area contributed by atoms with Crippen molar-refractivity contribution in [3.05, 3.63) is 0 Å². The number of piperazine rings is 1. The quantitative estimate of drug-likeness (QED) is 0.489. The zero-order chi connectivity index (χ0) is 14.9. The first-order chi connectivity index (χ1) is 9.40. The second-order valence-electron chi connectivity index (χ2n) is 4.99. The fourth-order valence-corrected chi connectivity index (χ4v) is 2.40. The average Bonchev–Trinajstić information content (AvgIpc) is 2.76. The van der Waals surface area contributed by atoms with Crippen LogP contribution in [-0.2, 0) is 4.79 Å². The van der Waals surface area contributed by atoms with Crippen molar-refractivity contribution in [2.45, 2.75) is 25.1 Å². The summed E-state index contributed by atoms with van der Waals surface area (Å²) < 4.78 is 0. The van der Waals surface area contributed by atoms with E-state index in [1.165, 1.54) is 11.8 Å². The van der Waals surface area contributed by atoms with E-state index in [0.717, 1.165) is 0 Å². The van der Waals surface area contributed by atoms with Crippen molar-refractivity contribution in [3.8, 4) is 0 Å². The van der Waals surface area contributed by atoms with Crippen LogP contribution in [0.3, 0.4) is 0 Å². The van der Waals surface area contributed by atoms with Gasteiger partial charge >= 0.3 is 18.0 Å². The first-order valence-electron chi connectivity index (χ1n) is 6.41. The monoisotopic (exact) mass is 286 g/mol. The molecule has 2 saturated heterocycles. The Bertz CT molecular complexity index is 427. The molecule has 0 aromatic heterocycles. The lowest BCUT2D eigenvalue weighted by molar-refractivity contribution is -0.141. The van der Waals surface area contributed by atoms with Crippen LogP contribution >= 0.6 is 0 Å². The van der Waals surface area contributed by atoms with Crippen LogP contribution < -0.4 is 10.6 Å². The topological polar surface area (TPSA) is 122 Å². The minimum absolute atomic E-state index is 0.0863. The maximum Gasteiger partial charge on any atom is 0.328 e. The molecule has 9 heteroatoms. The van der Waals surface area contributed by atoms with Crippen LogP contribution in [0.25, 0.3) is 0 Å². The van der Waals surface area contributed by atoms with Gasteiger partial charge < -0.3 is 30.6 Å². The molecule has 0 bridgehead atoms. The zero-order valence-corrected chi connectivity index (χ0v) is 11.1.